The van der Waals surface area contributed by atoms with Crippen molar-refractivity contribution in [1.82, 2.24) is 9.80 Å². The molecule has 1 aliphatic rings. The normalized spacial score (nSPS) is 14.1. The van der Waals surface area contributed by atoms with Gasteiger partial charge in [-0.2, -0.15) is 0 Å². The van der Waals surface area contributed by atoms with E-state index in [1.165, 1.54) is 48.3 Å². The van der Waals surface area contributed by atoms with Crippen LogP contribution in [0.25, 0.3) is 0 Å². The second-order valence-electron chi connectivity index (χ2n) is 7.15. The smallest absolute Gasteiger partial charge is 0.264 e. The van der Waals surface area contributed by atoms with Crippen LogP contribution in [0, 0.1) is 5.82 Å². The van der Waals surface area contributed by atoms with Crippen LogP contribution in [0.5, 0.6) is 11.5 Å². The minimum atomic E-state index is -4.29. The Hall–Kier alpha value is -3.05. The number of piperazine rings is 1. The number of carbonyl (C=O) groups excluding carboxylic acids is 2. The maximum atomic E-state index is 13.7. The standard InChI is InChI=1S/C21H23ClFN3O6S/c1-31-19-6-4-16(12-20(19)32-2)33(29,30)26(15-3-5-18(23)17(22)11-15)13-21(28)25-9-7-24(14-27)8-10-25/h3-6,11-12,14H,7-10,13H2,1-2H3. The van der Waals surface area contributed by atoms with Crippen molar-refractivity contribution in [2.75, 3.05) is 51.2 Å². The Morgan fingerprint density at radius 3 is 2.33 bits per heavy atom. The molecular weight excluding hydrogens is 477 g/mol. The van der Waals surface area contributed by atoms with Crippen molar-refractivity contribution in [3.63, 3.8) is 0 Å². The Morgan fingerprint density at radius 2 is 1.76 bits per heavy atom. The molecule has 1 heterocycles. The van der Waals surface area contributed by atoms with E-state index >= 15 is 0 Å². The third-order valence-electron chi connectivity index (χ3n) is 5.23. The fourth-order valence-corrected chi connectivity index (χ4v) is 4.96. The molecule has 1 aliphatic heterocycles. The first-order chi connectivity index (χ1) is 15.7. The molecule has 0 N–H and O–H groups in total. The minimum Gasteiger partial charge on any atom is -0.493 e. The number of rotatable bonds is 8. The SMILES string of the molecule is COc1ccc(S(=O)(=O)N(CC(=O)N2CCN(C=O)CC2)c2ccc(F)c(Cl)c2)cc1OC. The van der Waals surface area contributed by atoms with E-state index in [9.17, 15) is 22.4 Å². The monoisotopic (exact) mass is 499 g/mol. The van der Waals surface area contributed by atoms with Gasteiger partial charge in [-0.3, -0.25) is 13.9 Å². The predicted molar refractivity (Wildman–Crippen MR) is 120 cm³/mol. The van der Waals surface area contributed by atoms with Crippen LogP contribution in [-0.4, -0.2) is 77.5 Å². The van der Waals surface area contributed by atoms with E-state index in [4.69, 9.17) is 21.1 Å². The van der Waals surface area contributed by atoms with Crippen molar-refractivity contribution in [3.05, 3.63) is 47.2 Å². The maximum Gasteiger partial charge on any atom is 0.264 e. The molecule has 0 bridgehead atoms. The fourth-order valence-electron chi connectivity index (χ4n) is 3.36. The average Bonchev–Trinajstić information content (AvgIpc) is 2.83. The molecule has 2 aromatic carbocycles. The van der Waals surface area contributed by atoms with E-state index in [-0.39, 0.29) is 34.4 Å². The Bertz CT molecular complexity index is 1140. The van der Waals surface area contributed by atoms with Crippen LogP contribution in [-0.2, 0) is 19.6 Å². The predicted octanol–water partition coefficient (Wildman–Crippen LogP) is 1.99. The van der Waals surface area contributed by atoms with Gasteiger partial charge in [0.05, 0.1) is 29.8 Å². The lowest BCUT2D eigenvalue weighted by molar-refractivity contribution is -0.133. The highest BCUT2D eigenvalue weighted by Gasteiger charge is 2.31. The van der Waals surface area contributed by atoms with Crippen molar-refractivity contribution in [2.45, 2.75) is 4.90 Å². The maximum absolute atomic E-state index is 13.7. The summed E-state index contributed by atoms with van der Waals surface area (Å²) in [6, 6.07) is 7.44. The van der Waals surface area contributed by atoms with Crippen LogP contribution in [0.1, 0.15) is 0 Å². The second kappa shape index (κ2) is 10.3. The highest BCUT2D eigenvalue weighted by Crippen LogP contribution is 2.33. The highest BCUT2D eigenvalue weighted by atomic mass is 35.5. The van der Waals surface area contributed by atoms with Gasteiger partial charge in [0.25, 0.3) is 10.0 Å². The van der Waals surface area contributed by atoms with Crippen molar-refractivity contribution in [2.24, 2.45) is 0 Å². The fraction of sp³-hybridized carbons (Fsp3) is 0.333. The van der Waals surface area contributed by atoms with Gasteiger partial charge in [0.1, 0.15) is 12.4 Å². The molecule has 178 valence electrons. The number of anilines is 1. The van der Waals surface area contributed by atoms with Gasteiger partial charge in [-0.25, -0.2) is 12.8 Å². The number of hydrogen-bond donors (Lipinski definition) is 0. The van der Waals surface area contributed by atoms with E-state index in [0.717, 1.165) is 16.4 Å². The summed E-state index contributed by atoms with van der Waals surface area (Å²) >= 11 is 5.89. The first kappa shape index (κ1) is 24.6. The van der Waals surface area contributed by atoms with Gasteiger partial charge in [-0.1, -0.05) is 11.6 Å². The van der Waals surface area contributed by atoms with Gasteiger partial charge in [-0.15, -0.1) is 0 Å². The van der Waals surface area contributed by atoms with E-state index in [1.54, 1.807) is 0 Å². The molecule has 0 aliphatic carbocycles. The Labute approximate surface area is 196 Å². The van der Waals surface area contributed by atoms with Gasteiger partial charge in [-0.05, 0) is 30.3 Å². The van der Waals surface area contributed by atoms with E-state index in [2.05, 4.69) is 0 Å². The first-order valence-corrected chi connectivity index (χ1v) is 11.7. The summed E-state index contributed by atoms with van der Waals surface area (Å²) in [6.45, 7) is 0.692. The van der Waals surface area contributed by atoms with Crippen LogP contribution in [0.2, 0.25) is 5.02 Å². The summed E-state index contributed by atoms with van der Waals surface area (Å²) < 4.78 is 52.1. The van der Waals surface area contributed by atoms with Gasteiger partial charge >= 0.3 is 0 Å². The number of amides is 2. The zero-order valence-electron chi connectivity index (χ0n) is 18.0. The zero-order valence-corrected chi connectivity index (χ0v) is 19.6. The number of hydrogen-bond acceptors (Lipinski definition) is 6. The summed E-state index contributed by atoms with van der Waals surface area (Å²) in [5.41, 5.74) is 0.0241. The summed E-state index contributed by atoms with van der Waals surface area (Å²) in [4.78, 5) is 26.8. The van der Waals surface area contributed by atoms with Crippen LogP contribution in [0.4, 0.5) is 10.1 Å². The molecule has 0 atom stereocenters. The van der Waals surface area contributed by atoms with Crippen LogP contribution < -0.4 is 13.8 Å². The Kier molecular flexibility index (Phi) is 7.65. The number of nitrogens with zero attached hydrogens (tertiary/aromatic N) is 3. The van der Waals surface area contributed by atoms with Crippen LogP contribution in [0.3, 0.4) is 0 Å². The molecule has 0 unspecified atom stereocenters. The number of benzene rings is 2. The first-order valence-electron chi connectivity index (χ1n) is 9.88. The number of halogens is 2. The molecule has 2 amide bonds. The lowest BCUT2D eigenvalue weighted by atomic mass is 10.3. The minimum absolute atomic E-state index is 0.0241. The molecule has 1 fully saturated rings. The van der Waals surface area contributed by atoms with E-state index in [0.29, 0.717) is 25.2 Å². The third-order valence-corrected chi connectivity index (χ3v) is 7.29. The quantitative estimate of drug-likeness (QED) is 0.515. The molecule has 12 heteroatoms. The lowest BCUT2D eigenvalue weighted by Gasteiger charge is -2.34. The lowest BCUT2D eigenvalue weighted by Crippen LogP contribution is -2.51. The van der Waals surface area contributed by atoms with Crippen molar-refractivity contribution < 1.29 is 31.9 Å². The molecule has 9 nitrogen and oxygen atoms in total. The van der Waals surface area contributed by atoms with Gasteiger partial charge in [0, 0.05) is 32.2 Å². The van der Waals surface area contributed by atoms with Crippen molar-refractivity contribution >= 4 is 39.6 Å². The number of carbonyl (C=O) groups is 2. The summed E-state index contributed by atoms with van der Waals surface area (Å²) in [7, 11) is -1.50. The molecule has 3 rings (SSSR count). The molecule has 0 spiro atoms. The molecule has 0 saturated carbocycles. The largest absolute Gasteiger partial charge is 0.493 e. The second-order valence-corrected chi connectivity index (χ2v) is 9.42. The number of sulfonamides is 1. The molecule has 0 aromatic heterocycles. The zero-order chi connectivity index (χ0) is 24.2. The van der Waals surface area contributed by atoms with E-state index in [1.807, 2.05) is 0 Å². The Balaban J connectivity index is 1.99. The van der Waals surface area contributed by atoms with Gasteiger partial charge < -0.3 is 19.3 Å². The topological polar surface area (TPSA) is 96.5 Å². The summed E-state index contributed by atoms with van der Waals surface area (Å²) in [5.74, 6) is -0.672. The van der Waals surface area contributed by atoms with Crippen LogP contribution in [0.15, 0.2) is 41.3 Å². The van der Waals surface area contributed by atoms with Crippen molar-refractivity contribution in [1.29, 1.82) is 0 Å². The Morgan fingerprint density at radius 1 is 1.09 bits per heavy atom. The molecule has 1 saturated heterocycles. The molecule has 33 heavy (non-hydrogen) atoms. The summed E-state index contributed by atoms with van der Waals surface area (Å²) in [6.07, 6.45) is 0.705. The number of methoxy groups -OCH3 is 2. The molecular formula is C21H23ClFN3O6S. The summed E-state index contributed by atoms with van der Waals surface area (Å²) in [5, 5.41) is -0.285. The van der Waals surface area contributed by atoms with E-state index < -0.39 is 28.3 Å². The van der Waals surface area contributed by atoms with Gasteiger partial charge in [0.15, 0.2) is 11.5 Å². The van der Waals surface area contributed by atoms with Gasteiger partial charge in [0.2, 0.25) is 12.3 Å². The molecule has 2 aromatic rings. The van der Waals surface area contributed by atoms with Crippen molar-refractivity contribution in [3.8, 4) is 11.5 Å². The third kappa shape index (κ3) is 5.31. The van der Waals surface area contributed by atoms with Crippen LogP contribution >= 0.6 is 11.6 Å². The highest BCUT2D eigenvalue weighted by molar-refractivity contribution is 7.92. The number of ether oxygens (including phenoxy) is 2. The molecule has 0 radical (unpaired) electrons. The average molecular weight is 500 g/mol.